The Morgan fingerprint density at radius 1 is 1.24 bits per heavy atom. The molecule has 1 aliphatic rings. The molecular formula is C17H17ClFNO. The van der Waals surface area contributed by atoms with Crippen LogP contribution in [0.15, 0.2) is 42.5 Å². The van der Waals surface area contributed by atoms with Crippen LogP contribution in [0.4, 0.5) is 4.39 Å². The summed E-state index contributed by atoms with van der Waals surface area (Å²) in [6, 6.07) is 13.2. The zero-order valence-electron chi connectivity index (χ0n) is 11.6. The van der Waals surface area contributed by atoms with Gasteiger partial charge < -0.3 is 10.1 Å². The number of ether oxygens (including phenoxy) is 1. The molecule has 3 rings (SSSR count). The standard InChI is InChI=1S/C17H17ClFNO/c18-14-9-13(16-7-4-8-20-16)10-15(19)17(14)21-11-12-5-2-1-3-6-12/h1-3,5-6,9-10,16,20H,4,7-8,11H2. The van der Waals surface area contributed by atoms with E-state index in [2.05, 4.69) is 5.32 Å². The maximum atomic E-state index is 14.2. The fourth-order valence-corrected chi connectivity index (χ4v) is 2.89. The van der Waals surface area contributed by atoms with Crippen molar-refractivity contribution in [3.63, 3.8) is 0 Å². The van der Waals surface area contributed by atoms with E-state index in [-0.39, 0.29) is 11.8 Å². The van der Waals surface area contributed by atoms with E-state index in [1.165, 1.54) is 6.07 Å². The molecule has 0 saturated carbocycles. The zero-order chi connectivity index (χ0) is 14.7. The van der Waals surface area contributed by atoms with E-state index < -0.39 is 5.82 Å². The molecule has 0 bridgehead atoms. The Bertz CT molecular complexity index is 588. The molecule has 0 radical (unpaired) electrons. The lowest BCUT2D eigenvalue weighted by atomic mass is 10.1. The van der Waals surface area contributed by atoms with E-state index in [1.54, 1.807) is 6.07 Å². The van der Waals surface area contributed by atoms with Crippen molar-refractivity contribution in [1.29, 1.82) is 0 Å². The van der Waals surface area contributed by atoms with Crippen LogP contribution in [-0.2, 0) is 6.61 Å². The molecule has 1 fully saturated rings. The maximum absolute atomic E-state index is 14.2. The summed E-state index contributed by atoms with van der Waals surface area (Å²) in [5.74, 6) is -0.274. The van der Waals surface area contributed by atoms with E-state index in [0.29, 0.717) is 11.6 Å². The molecule has 0 spiro atoms. The molecular weight excluding hydrogens is 289 g/mol. The summed E-state index contributed by atoms with van der Waals surface area (Å²) < 4.78 is 19.8. The molecule has 0 amide bonds. The normalized spacial score (nSPS) is 17.9. The van der Waals surface area contributed by atoms with E-state index in [9.17, 15) is 4.39 Å². The number of hydrogen-bond acceptors (Lipinski definition) is 2. The lowest BCUT2D eigenvalue weighted by Crippen LogP contribution is -2.13. The molecule has 4 heteroatoms. The van der Waals surface area contributed by atoms with E-state index >= 15 is 0 Å². The van der Waals surface area contributed by atoms with Crippen molar-refractivity contribution in [3.05, 3.63) is 64.4 Å². The van der Waals surface area contributed by atoms with Crippen molar-refractivity contribution in [2.45, 2.75) is 25.5 Å². The second-order valence-corrected chi connectivity index (χ2v) is 5.64. The Morgan fingerprint density at radius 3 is 2.71 bits per heavy atom. The van der Waals surface area contributed by atoms with E-state index in [0.717, 1.165) is 30.5 Å². The quantitative estimate of drug-likeness (QED) is 0.899. The predicted octanol–water partition coefficient (Wildman–Crippen LogP) is 4.48. The molecule has 2 nitrogen and oxygen atoms in total. The molecule has 0 aliphatic carbocycles. The van der Waals surface area contributed by atoms with Gasteiger partial charge in [-0.05, 0) is 42.6 Å². The SMILES string of the molecule is Fc1cc(C2CCCN2)cc(Cl)c1OCc1ccccc1. The van der Waals surface area contributed by atoms with Gasteiger partial charge in [0.25, 0.3) is 0 Å². The number of rotatable bonds is 4. The molecule has 0 aromatic heterocycles. The minimum Gasteiger partial charge on any atom is -0.484 e. The van der Waals surface area contributed by atoms with Gasteiger partial charge in [0.05, 0.1) is 5.02 Å². The van der Waals surface area contributed by atoms with E-state index in [1.807, 2.05) is 30.3 Å². The third-order valence-electron chi connectivity index (χ3n) is 3.71. The highest BCUT2D eigenvalue weighted by molar-refractivity contribution is 6.32. The Hall–Kier alpha value is -1.58. The summed E-state index contributed by atoms with van der Waals surface area (Å²) in [7, 11) is 0. The molecule has 1 saturated heterocycles. The van der Waals surface area contributed by atoms with Gasteiger partial charge in [0.2, 0.25) is 0 Å². The second kappa shape index (κ2) is 6.46. The first-order valence-electron chi connectivity index (χ1n) is 7.13. The van der Waals surface area contributed by atoms with Crippen LogP contribution in [0, 0.1) is 5.82 Å². The minimum absolute atomic E-state index is 0.127. The van der Waals surface area contributed by atoms with Crippen LogP contribution >= 0.6 is 11.6 Å². The molecule has 2 aromatic rings. The van der Waals surface area contributed by atoms with Crippen molar-refractivity contribution < 1.29 is 9.13 Å². The summed E-state index contributed by atoms with van der Waals surface area (Å²) in [5, 5.41) is 3.67. The molecule has 1 aliphatic heterocycles. The fraction of sp³-hybridized carbons (Fsp3) is 0.294. The van der Waals surface area contributed by atoms with Gasteiger partial charge in [-0.2, -0.15) is 0 Å². The monoisotopic (exact) mass is 305 g/mol. The largest absolute Gasteiger partial charge is 0.484 e. The Kier molecular flexibility index (Phi) is 4.42. The number of halogens is 2. The molecule has 1 atom stereocenters. The fourth-order valence-electron chi connectivity index (χ4n) is 2.62. The predicted molar refractivity (Wildman–Crippen MR) is 82.2 cm³/mol. The van der Waals surface area contributed by atoms with Crippen molar-refractivity contribution in [3.8, 4) is 5.75 Å². The number of hydrogen-bond donors (Lipinski definition) is 1. The van der Waals surface area contributed by atoms with Gasteiger partial charge in [0.1, 0.15) is 6.61 Å². The third kappa shape index (κ3) is 3.36. The van der Waals surface area contributed by atoms with Crippen LogP contribution in [0.25, 0.3) is 0 Å². The highest BCUT2D eigenvalue weighted by Crippen LogP contribution is 2.34. The number of benzene rings is 2. The molecule has 110 valence electrons. The molecule has 1 heterocycles. The average molecular weight is 306 g/mol. The lowest BCUT2D eigenvalue weighted by Gasteiger charge is -2.14. The van der Waals surface area contributed by atoms with Crippen LogP contribution in [0.2, 0.25) is 5.02 Å². The van der Waals surface area contributed by atoms with Gasteiger partial charge in [-0.3, -0.25) is 0 Å². The summed E-state index contributed by atoms with van der Waals surface area (Å²) in [5.41, 5.74) is 1.87. The zero-order valence-corrected chi connectivity index (χ0v) is 12.4. The molecule has 2 aromatic carbocycles. The van der Waals surface area contributed by atoms with Crippen molar-refractivity contribution in [2.24, 2.45) is 0 Å². The van der Waals surface area contributed by atoms with Gasteiger partial charge in [0, 0.05) is 6.04 Å². The summed E-state index contributed by atoms with van der Waals surface area (Å²) in [6.07, 6.45) is 2.12. The molecule has 21 heavy (non-hydrogen) atoms. The smallest absolute Gasteiger partial charge is 0.174 e. The van der Waals surface area contributed by atoms with E-state index in [4.69, 9.17) is 16.3 Å². The summed E-state index contributed by atoms with van der Waals surface area (Å²) in [4.78, 5) is 0. The van der Waals surface area contributed by atoms with Gasteiger partial charge in [0.15, 0.2) is 11.6 Å². The van der Waals surface area contributed by atoms with Crippen molar-refractivity contribution in [1.82, 2.24) is 5.32 Å². The Morgan fingerprint density at radius 2 is 2.05 bits per heavy atom. The highest BCUT2D eigenvalue weighted by Gasteiger charge is 2.20. The minimum atomic E-state index is -0.401. The Balaban J connectivity index is 1.76. The Labute approximate surface area is 128 Å². The maximum Gasteiger partial charge on any atom is 0.174 e. The number of nitrogens with one attached hydrogen (secondary N) is 1. The second-order valence-electron chi connectivity index (χ2n) is 5.24. The summed E-state index contributed by atoms with van der Waals surface area (Å²) >= 11 is 6.19. The molecule has 1 unspecified atom stereocenters. The van der Waals surface area contributed by atoms with Gasteiger partial charge >= 0.3 is 0 Å². The van der Waals surface area contributed by atoms with Crippen LogP contribution in [0.1, 0.15) is 30.0 Å². The highest BCUT2D eigenvalue weighted by atomic mass is 35.5. The first kappa shape index (κ1) is 14.4. The van der Waals surface area contributed by atoms with Crippen molar-refractivity contribution in [2.75, 3.05) is 6.54 Å². The average Bonchev–Trinajstić information content (AvgIpc) is 3.01. The topological polar surface area (TPSA) is 21.3 Å². The van der Waals surface area contributed by atoms with Crippen LogP contribution in [-0.4, -0.2) is 6.54 Å². The van der Waals surface area contributed by atoms with Gasteiger partial charge in [-0.1, -0.05) is 41.9 Å². The van der Waals surface area contributed by atoms with Crippen LogP contribution < -0.4 is 10.1 Å². The first-order chi connectivity index (χ1) is 10.2. The van der Waals surface area contributed by atoms with Crippen LogP contribution in [0.3, 0.4) is 0 Å². The van der Waals surface area contributed by atoms with Gasteiger partial charge in [-0.25, -0.2) is 4.39 Å². The van der Waals surface area contributed by atoms with Gasteiger partial charge in [-0.15, -0.1) is 0 Å². The van der Waals surface area contributed by atoms with Crippen molar-refractivity contribution >= 4 is 11.6 Å². The van der Waals surface area contributed by atoms with Crippen LogP contribution in [0.5, 0.6) is 5.75 Å². The summed E-state index contributed by atoms with van der Waals surface area (Å²) in [6.45, 7) is 1.27. The third-order valence-corrected chi connectivity index (χ3v) is 3.99. The molecule has 1 N–H and O–H groups in total. The first-order valence-corrected chi connectivity index (χ1v) is 7.51. The lowest BCUT2D eigenvalue weighted by molar-refractivity contribution is 0.290.